The molecule has 0 bridgehead atoms. The normalized spacial score (nSPS) is 24.9. The molecule has 9 nitrogen and oxygen atoms in total. The van der Waals surface area contributed by atoms with Gasteiger partial charge in [0.2, 0.25) is 15.9 Å². The average Bonchev–Trinajstić information content (AvgIpc) is 2.98. The summed E-state index contributed by atoms with van der Waals surface area (Å²) in [5, 5.41) is 9.23. The van der Waals surface area contributed by atoms with Crippen LogP contribution in [0.2, 0.25) is 0 Å². The molecule has 0 unspecified atom stereocenters. The van der Waals surface area contributed by atoms with Crippen molar-refractivity contribution in [2.24, 2.45) is 0 Å². The molecule has 2 fully saturated rings. The van der Waals surface area contributed by atoms with Crippen molar-refractivity contribution in [3.05, 3.63) is 0 Å². The third-order valence-corrected chi connectivity index (χ3v) is 6.85. The van der Waals surface area contributed by atoms with Gasteiger partial charge in [0.25, 0.3) is 0 Å². The fourth-order valence-corrected chi connectivity index (χ4v) is 4.62. The van der Waals surface area contributed by atoms with Crippen molar-refractivity contribution < 1.29 is 27.1 Å². The SMILES string of the molecule is CC(C)(C)OC(=O)N(CC(=O)N1C[C@@H](F)C[C@H]1C#N)C1(C)CCN(S(C)(=O)=O)CC1. The second kappa shape index (κ2) is 8.67. The Labute approximate surface area is 177 Å². The molecule has 0 N–H and O–H groups in total. The summed E-state index contributed by atoms with van der Waals surface area (Å²) in [4.78, 5) is 28.3. The van der Waals surface area contributed by atoms with Gasteiger partial charge < -0.3 is 9.64 Å². The first kappa shape index (κ1) is 24.3. The van der Waals surface area contributed by atoms with Gasteiger partial charge in [0.15, 0.2) is 0 Å². The van der Waals surface area contributed by atoms with Crippen molar-refractivity contribution in [3.8, 4) is 6.07 Å². The van der Waals surface area contributed by atoms with Crippen LogP contribution in [-0.4, -0.2) is 90.3 Å². The van der Waals surface area contributed by atoms with E-state index >= 15 is 0 Å². The smallest absolute Gasteiger partial charge is 0.411 e. The van der Waals surface area contributed by atoms with Crippen molar-refractivity contribution in [1.82, 2.24) is 14.1 Å². The molecular formula is C19H31FN4O5S. The number of ether oxygens (including phenoxy) is 1. The summed E-state index contributed by atoms with van der Waals surface area (Å²) in [5.41, 5.74) is -1.62. The quantitative estimate of drug-likeness (QED) is 0.647. The number of likely N-dealkylation sites (tertiary alicyclic amines) is 1. The number of amides is 2. The van der Waals surface area contributed by atoms with Gasteiger partial charge in [0, 0.05) is 25.0 Å². The Morgan fingerprint density at radius 1 is 1.30 bits per heavy atom. The van der Waals surface area contributed by atoms with Gasteiger partial charge in [-0.1, -0.05) is 0 Å². The Balaban J connectivity index is 2.24. The van der Waals surface area contributed by atoms with Crippen molar-refractivity contribution in [1.29, 1.82) is 5.26 Å². The number of carbonyl (C=O) groups excluding carboxylic acids is 2. The van der Waals surface area contributed by atoms with E-state index in [1.54, 1.807) is 27.7 Å². The van der Waals surface area contributed by atoms with Gasteiger partial charge >= 0.3 is 6.09 Å². The third kappa shape index (κ3) is 5.82. The molecule has 2 atom stereocenters. The summed E-state index contributed by atoms with van der Waals surface area (Å²) in [6.07, 6.45) is -0.249. The maximum atomic E-state index is 13.8. The third-order valence-electron chi connectivity index (χ3n) is 5.55. The number of sulfonamides is 1. The summed E-state index contributed by atoms with van der Waals surface area (Å²) in [6, 6.07) is 1.07. The average molecular weight is 447 g/mol. The number of rotatable bonds is 4. The molecule has 11 heteroatoms. The number of nitrogens with zero attached hydrogens (tertiary/aromatic N) is 4. The number of hydrogen-bond donors (Lipinski definition) is 0. The number of nitriles is 1. The number of alkyl halides is 1. The minimum atomic E-state index is -3.36. The number of hydrogen-bond acceptors (Lipinski definition) is 6. The molecule has 2 aliphatic rings. The van der Waals surface area contributed by atoms with Crippen LogP contribution >= 0.6 is 0 Å². The van der Waals surface area contributed by atoms with E-state index in [0.29, 0.717) is 12.8 Å². The van der Waals surface area contributed by atoms with Crippen LogP contribution in [0.15, 0.2) is 0 Å². The Bertz CT molecular complexity index is 812. The molecule has 0 aromatic rings. The van der Waals surface area contributed by atoms with Crippen LogP contribution in [-0.2, 0) is 19.6 Å². The highest BCUT2D eigenvalue weighted by molar-refractivity contribution is 7.88. The molecule has 0 radical (unpaired) electrons. The van der Waals surface area contributed by atoms with Gasteiger partial charge in [-0.3, -0.25) is 9.69 Å². The first-order valence-corrected chi connectivity index (χ1v) is 11.8. The Morgan fingerprint density at radius 3 is 2.33 bits per heavy atom. The minimum Gasteiger partial charge on any atom is -0.444 e. The van der Waals surface area contributed by atoms with Crippen LogP contribution in [0.1, 0.15) is 47.0 Å². The van der Waals surface area contributed by atoms with Crippen molar-refractivity contribution in [3.63, 3.8) is 0 Å². The van der Waals surface area contributed by atoms with Gasteiger partial charge in [-0.05, 0) is 40.5 Å². The van der Waals surface area contributed by atoms with E-state index in [9.17, 15) is 27.7 Å². The zero-order chi connectivity index (χ0) is 22.9. The Morgan fingerprint density at radius 2 is 1.87 bits per heavy atom. The Hall–Kier alpha value is -1.93. The number of piperidine rings is 1. The van der Waals surface area contributed by atoms with Crippen LogP contribution in [0.3, 0.4) is 0 Å². The van der Waals surface area contributed by atoms with Crippen LogP contribution in [0.25, 0.3) is 0 Å². The zero-order valence-electron chi connectivity index (χ0n) is 18.2. The van der Waals surface area contributed by atoms with Crippen LogP contribution in [0, 0.1) is 11.3 Å². The summed E-state index contributed by atoms with van der Waals surface area (Å²) in [7, 11) is -3.36. The monoisotopic (exact) mass is 446 g/mol. The number of carbonyl (C=O) groups is 2. The lowest BCUT2D eigenvalue weighted by Gasteiger charge is -2.46. The molecule has 2 amide bonds. The summed E-state index contributed by atoms with van der Waals surface area (Å²) < 4.78 is 44.3. The molecule has 0 saturated carbocycles. The van der Waals surface area contributed by atoms with Gasteiger partial charge in [0.1, 0.15) is 24.4 Å². The molecule has 0 aromatic carbocycles. The fraction of sp³-hybridized carbons (Fsp3) is 0.842. The van der Waals surface area contributed by atoms with E-state index in [2.05, 4.69) is 0 Å². The van der Waals surface area contributed by atoms with Gasteiger partial charge in [-0.15, -0.1) is 0 Å². The minimum absolute atomic E-state index is 0.0464. The molecule has 30 heavy (non-hydrogen) atoms. The second-order valence-electron chi connectivity index (χ2n) is 9.25. The molecular weight excluding hydrogens is 415 g/mol. The standard InChI is InChI=1S/C19H31FN4O5S/c1-18(2,3)29-17(26)24(13-16(25)23-12-14(20)10-15(23)11-21)19(4)6-8-22(9-7-19)30(5,27)28/h14-15H,6-10,12-13H2,1-5H3/t14-,15-/m0/s1. The summed E-state index contributed by atoms with van der Waals surface area (Å²) in [5.74, 6) is -0.528. The van der Waals surface area contributed by atoms with Gasteiger partial charge in [0.05, 0.1) is 18.9 Å². The molecule has 0 aromatic heterocycles. The highest BCUT2D eigenvalue weighted by Crippen LogP contribution is 2.32. The van der Waals surface area contributed by atoms with Crippen molar-refractivity contribution in [2.75, 3.05) is 32.4 Å². The molecule has 2 saturated heterocycles. The molecule has 0 spiro atoms. The summed E-state index contributed by atoms with van der Waals surface area (Å²) in [6.45, 7) is 6.78. The molecule has 0 aliphatic carbocycles. The first-order valence-electron chi connectivity index (χ1n) is 9.95. The highest BCUT2D eigenvalue weighted by atomic mass is 32.2. The maximum absolute atomic E-state index is 13.8. The van der Waals surface area contributed by atoms with Crippen LogP contribution < -0.4 is 0 Å². The van der Waals surface area contributed by atoms with E-state index in [-0.39, 0.29) is 32.6 Å². The fourth-order valence-electron chi connectivity index (χ4n) is 3.77. The molecule has 2 aliphatic heterocycles. The van der Waals surface area contributed by atoms with E-state index in [1.165, 1.54) is 9.21 Å². The van der Waals surface area contributed by atoms with Crippen LogP contribution in [0.4, 0.5) is 9.18 Å². The van der Waals surface area contributed by atoms with Crippen molar-refractivity contribution >= 4 is 22.0 Å². The largest absolute Gasteiger partial charge is 0.444 e. The summed E-state index contributed by atoms with van der Waals surface area (Å²) >= 11 is 0. The van der Waals surface area contributed by atoms with E-state index < -0.39 is 45.4 Å². The van der Waals surface area contributed by atoms with Crippen LogP contribution in [0.5, 0.6) is 0 Å². The van der Waals surface area contributed by atoms with E-state index in [1.807, 2.05) is 6.07 Å². The molecule has 2 heterocycles. The second-order valence-corrected chi connectivity index (χ2v) is 11.2. The highest BCUT2D eigenvalue weighted by Gasteiger charge is 2.44. The molecule has 2 rings (SSSR count). The van der Waals surface area contributed by atoms with E-state index in [4.69, 9.17) is 4.74 Å². The van der Waals surface area contributed by atoms with Crippen molar-refractivity contribution in [2.45, 2.75) is 70.3 Å². The number of halogens is 1. The Kier molecular flexibility index (Phi) is 7.03. The lowest BCUT2D eigenvalue weighted by atomic mass is 9.88. The van der Waals surface area contributed by atoms with Gasteiger partial charge in [-0.25, -0.2) is 21.9 Å². The molecule has 170 valence electrons. The predicted octanol–water partition coefficient (Wildman–Crippen LogP) is 1.50. The predicted molar refractivity (Wildman–Crippen MR) is 108 cm³/mol. The maximum Gasteiger partial charge on any atom is 0.411 e. The topological polar surface area (TPSA) is 111 Å². The van der Waals surface area contributed by atoms with Gasteiger partial charge in [-0.2, -0.15) is 5.26 Å². The zero-order valence-corrected chi connectivity index (χ0v) is 19.0. The lowest BCUT2D eigenvalue weighted by molar-refractivity contribution is -0.134. The van der Waals surface area contributed by atoms with E-state index in [0.717, 1.165) is 11.2 Å². The lowest BCUT2D eigenvalue weighted by Crippen LogP contribution is -2.59. The first-order chi connectivity index (χ1) is 13.7.